The van der Waals surface area contributed by atoms with Crippen LogP contribution >= 0.6 is 0 Å². The van der Waals surface area contributed by atoms with Crippen molar-refractivity contribution in [2.75, 3.05) is 13.1 Å². The van der Waals surface area contributed by atoms with E-state index in [1.165, 1.54) is 0 Å². The van der Waals surface area contributed by atoms with Crippen molar-refractivity contribution < 1.29 is 19.8 Å². The molecule has 1 aromatic heterocycles. The van der Waals surface area contributed by atoms with Gasteiger partial charge in [0.25, 0.3) is 0 Å². The lowest BCUT2D eigenvalue weighted by Crippen LogP contribution is -2.32. The second-order valence-corrected chi connectivity index (χ2v) is 4.83. The number of nitrogens with zero attached hydrogens (tertiary/aromatic N) is 2. The predicted molar refractivity (Wildman–Crippen MR) is 73.2 cm³/mol. The molecule has 1 aromatic rings. The van der Waals surface area contributed by atoms with Crippen molar-refractivity contribution in [3.05, 3.63) is 30.1 Å². The van der Waals surface area contributed by atoms with Crippen LogP contribution in [0.4, 0.5) is 0 Å². The molecule has 0 amide bonds. The standard InChI is InChI=1S/C14H20N2O4/c1-11(14(19)20)9-16(7-3-5-13(17)18)10-12-4-2-6-15-8-12/h2,4,6,8,11H,3,5,7,9-10H2,1H3,(H,17,18)(H,19,20). The summed E-state index contributed by atoms with van der Waals surface area (Å²) in [6.07, 6.45) is 4.00. The van der Waals surface area contributed by atoms with Gasteiger partial charge in [-0.25, -0.2) is 0 Å². The second kappa shape index (κ2) is 8.27. The highest BCUT2D eigenvalue weighted by Gasteiger charge is 2.16. The van der Waals surface area contributed by atoms with Gasteiger partial charge in [0, 0.05) is 31.9 Å². The first kappa shape index (κ1) is 16.1. The first-order valence-corrected chi connectivity index (χ1v) is 6.55. The maximum absolute atomic E-state index is 10.9. The van der Waals surface area contributed by atoms with Crippen molar-refractivity contribution in [1.82, 2.24) is 9.88 Å². The van der Waals surface area contributed by atoms with Crippen LogP contribution in [0, 0.1) is 5.92 Å². The minimum absolute atomic E-state index is 0.0883. The molecule has 1 unspecified atom stereocenters. The molecule has 2 N–H and O–H groups in total. The fraction of sp³-hybridized carbons (Fsp3) is 0.500. The van der Waals surface area contributed by atoms with Crippen molar-refractivity contribution in [3.8, 4) is 0 Å². The van der Waals surface area contributed by atoms with Gasteiger partial charge in [-0.2, -0.15) is 0 Å². The summed E-state index contributed by atoms with van der Waals surface area (Å²) in [4.78, 5) is 27.5. The van der Waals surface area contributed by atoms with Crippen LogP contribution < -0.4 is 0 Å². The zero-order valence-corrected chi connectivity index (χ0v) is 11.5. The van der Waals surface area contributed by atoms with Gasteiger partial charge in [-0.05, 0) is 24.6 Å². The lowest BCUT2D eigenvalue weighted by Gasteiger charge is -2.23. The smallest absolute Gasteiger partial charge is 0.307 e. The Morgan fingerprint density at radius 1 is 1.40 bits per heavy atom. The highest BCUT2D eigenvalue weighted by atomic mass is 16.4. The Kier molecular flexibility index (Phi) is 6.66. The van der Waals surface area contributed by atoms with E-state index in [9.17, 15) is 9.59 Å². The average Bonchev–Trinajstić information content (AvgIpc) is 2.39. The van der Waals surface area contributed by atoms with Crippen LogP contribution in [-0.4, -0.2) is 45.1 Å². The molecule has 0 bridgehead atoms. The molecule has 0 saturated carbocycles. The summed E-state index contributed by atoms with van der Waals surface area (Å²) in [7, 11) is 0. The Bertz CT molecular complexity index is 436. The first-order chi connectivity index (χ1) is 9.49. The molecule has 20 heavy (non-hydrogen) atoms. The van der Waals surface area contributed by atoms with Crippen LogP contribution in [0.5, 0.6) is 0 Å². The quantitative estimate of drug-likeness (QED) is 0.712. The third kappa shape index (κ3) is 6.29. The fourth-order valence-corrected chi connectivity index (χ4v) is 1.90. The highest BCUT2D eigenvalue weighted by molar-refractivity contribution is 5.69. The van der Waals surface area contributed by atoms with E-state index in [0.717, 1.165) is 5.56 Å². The maximum Gasteiger partial charge on any atom is 0.307 e. The Balaban J connectivity index is 2.58. The van der Waals surface area contributed by atoms with E-state index in [-0.39, 0.29) is 6.42 Å². The molecule has 1 rings (SSSR count). The zero-order valence-electron chi connectivity index (χ0n) is 11.5. The molecule has 110 valence electrons. The Labute approximate surface area is 118 Å². The van der Waals surface area contributed by atoms with Gasteiger partial charge in [-0.1, -0.05) is 13.0 Å². The molecule has 0 aromatic carbocycles. The van der Waals surface area contributed by atoms with Crippen LogP contribution in [0.25, 0.3) is 0 Å². The van der Waals surface area contributed by atoms with Crippen molar-refractivity contribution in [3.63, 3.8) is 0 Å². The van der Waals surface area contributed by atoms with Gasteiger partial charge in [0.15, 0.2) is 0 Å². The Hall–Kier alpha value is -1.95. The molecule has 0 aliphatic carbocycles. The van der Waals surface area contributed by atoms with E-state index in [0.29, 0.717) is 26.1 Å². The Morgan fingerprint density at radius 2 is 2.15 bits per heavy atom. The molecule has 0 aliphatic heterocycles. The monoisotopic (exact) mass is 280 g/mol. The molecular weight excluding hydrogens is 260 g/mol. The van der Waals surface area contributed by atoms with Gasteiger partial charge in [0.1, 0.15) is 0 Å². The van der Waals surface area contributed by atoms with E-state index in [4.69, 9.17) is 10.2 Å². The number of carboxylic acid groups (broad SMARTS) is 2. The molecule has 0 radical (unpaired) electrons. The topological polar surface area (TPSA) is 90.7 Å². The predicted octanol–water partition coefficient (Wildman–Crippen LogP) is 1.47. The van der Waals surface area contributed by atoms with Crippen LogP contribution in [0.3, 0.4) is 0 Å². The summed E-state index contributed by atoms with van der Waals surface area (Å²) in [6, 6.07) is 3.74. The van der Waals surface area contributed by atoms with E-state index >= 15 is 0 Å². The number of carbonyl (C=O) groups is 2. The van der Waals surface area contributed by atoms with Crippen LogP contribution in [0.15, 0.2) is 24.5 Å². The lowest BCUT2D eigenvalue weighted by atomic mass is 10.1. The number of hydrogen-bond acceptors (Lipinski definition) is 4. The van der Waals surface area contributed by atoms with Crippen LogP contribution in [-0.2, 0) is 16.1 Å². The number of aromatic nitrogens is 1. The molecular formula is C14H20N2O4. The maximum atomic E-state index is 10.9. The van der Waals surface area contributed by atoms with Gasteiger partial charge < -0.3 is 10.2 Å². The summed E-state index contributed by atoms with van der Waals surface area (Å²) < 4.78 is 0. The molecule has 6 heteroatoms. The third-order valence-corrected chi connectivity index (χ3v) is 2.95. The van der Waals surface area contributed by atoms with Crippen molar-refractivity contribution >= 4 is 11.9 Å². The van der Waals surface area contributed by atoms with Crippen LogP contribution in [0.2, 0.25) is 0 Å². The minimum Gasteiger partial charge on any atom is -0.481 e. The zero-order chi connectivity index (χ0) is 15.0. The van der Waals surface area contributed by atoms with Gasteiger partial charge in [-0.15, -0.1) is 0 Å². The van der Waals surface area contributed by atoms with Gasteiger partial charge >= 0.3 is 11.9 Å². The molecule has 0 spiro atoms. The van der Waals surface area contributed by atoms with E-state index in [1.807, 2.05) is 17.0 Å². The van der Waals surface area contributed by atoms with Crippen molar-refractivity contribution in [1.29, 1.82) is 0 Å². The van der Waals surface area contributed by atoms with Gasteiger partial charge in [-0.3, -0.25) is 19.5 Å². The summed E-state index contributed by atoms with van der Waals surface area (Å²) in [5.41, 5.74) is 0.986. The van der Waals surface area contributed by atoms with Crippen LogP contribution in [0.1, 0.15) is 25.3 Å². The molecule has 0 aliphatic rings. The second-order valence-electron chi connectivity index (χ2n) is 4.83. The van der Waals surface area contributed by atoms with Crippen molar-refractivity contribution in [2.45, 2.75) is 26.3 Å². The number of carboxylic acids is 2. The minimum atomic E-state index is -0.848. The lowest BCUT2D eigenvalue weighted by molar-refractivity contribution is -0.142. The SMILES string of the molecule is CC(CN(CCCC(=O)O)Cc1cccnc1)C(=O)O. The largest absolute Gasteiger partial charge is 0.481 e. The number of rotatable bonds is 9. The number of pyridine rings is 1. The van der Waals surface area contributed by atoms with E-state index < -0.39 is 17.9 Å². The van der Waals surface area contributed by atoms with E-state index in [2.05, 4.69) is 4.98 Å². The first-order valence-electron chi connectivity index (χ1n) is 6.55. The van der Waals surface area contributed by atoms with E-state index in [1.54, 1.807) is 19.3 Å². The normalized spacial score (nSPS) is 12.3. The summed E-state index contributed by atoms with van der Waals surface area (Å²) >= 11 is 0. The summed E-state index contributed by atoms with van der Waals surface area (Å²) in [5.74, 6) is -2.17. The fourth-order valence-electron chi connectivity index (χ4n) is 1.90. The summed E-state index contributed by atoms with van der Waals surface area (Å²) in [6.45, 7) is 3.17. The average molecular weight is 280 g/mol. The molecule has 6 nitrogen and oxygen atoms in total. The summed E-state index contributed by atoms with van der Waals surface area (Å²) in [5, 5.41) is 17.6. The van der Waals surface area contributed by atoms with Gasteiger partial charge in [0.05, 0.1) is 5.92 Å². The third-order valence-electron chi connectivity index (χ3n) is 2.95. The number of hydrogen-bond donors (Lipinski definition) is 2. The molecule has 1 heterocycles. The highest BCUT2D eigenvalue weighted by Crippen LogP contribution is 2.08. The molecule has 0 fully saturated rings. The number of aliphatic carboxylic acids is 2. The van der Waals surface area contributed by atoms with Gasteiger partial charge in [0.2, 0.25) is 0 Å². The Morgan fingerprint density at radius 3 is 2.70 bits per heavy atom. The molecule has 1 atom stereocenters. The molecule has 0 saturated heterocycles. The van der Waals surface area contributed by atoms with Crippen molar-refractivity contribution in [2.24, 2.45) is 5.92 Å².